The highest BCUT2D eigenvalue weighted by molar-refractivity contribution is 5.90. The summed E-state index contributed by atoms with van der Waals surface area (Å²) in [6.45, 7) is 2.95. The van der Waals surface area contributed by atoms with E-state index in [1.807, 2.05) is 19.1 Å². The van der Waals surface area contributed by atoms with Gasteiger partial charge in [-0.3, -0.25) is 9.59 Å². The van der Waals surface area contributed by atoms with E-state index >= 15 is 0 Å². The number of allylic oxidation sites excluding steroid dienone is 1. The molecule has 4 N–H and O–H groups in total. The third-order valence-corrected chi connectivity index (χ3v) is 3.77. The van der Waals surface area contributed by atoms with Gasteiger partial charge in [-0.2, -0.15) is 0 Å². The van der Waals surface area contributed by atoms with Crippen LogP contribution in [0.1, 0.15) is 25.5 Å². The number of aromatic amines is 1. The minimum Gasteiger partial charge on any atom is -0.351 e. The lowest BCUT2D eigenvalue weighted by Crippen LogP contribution is -2.51. The van der Waals surface area contributed by atoms with Gasteiger partial charge in [0, 0.05) is 25.7 Å². The Morgan fingerprint density at radius 2 is 2.45 bits per heavy atom. The summed E-state index contributed by atoms with van der Waals surface area (Å²) < 4.78 is 0. The maximum absolute atomic E-state index is 12.5. The smallest absolute Gasteiger partial charge is 0.243 e. The number of nitrogens with two attached hydrogens (primary N) is 1. The Bertz CT molecular complexity index is 526. The van der Waals surface area contributed by atoms with Crippen molar-refractivity contribution in [3.63, 3.8) is 0 Å². The van der Waals surface area contributed by atoms with Gasteiger partial charge in [0.25, 0.3) is 0 Å². The highest BCUT2D eigenvalue weighted by Gasteiger charge is 2.35. The fourth-order valence-electron chi connectivity index (χ4n) is 2.63. The minimum atomic E-state index is -0.674. The molecule has 1 aromatic rings. The predicted molar refractivity (Wildman–Crippen MR) is 82.8 cm³/mol. The molecule has 0 bridgehead atoms. The van der Waals surface area contributed by atoms with E-state index < -0.39 is 12.1 Å². The van der Waals surface area contributed by atoms with Crippen LogP contribution in [0.4, 0.5) is 0 Å². The Hall–Kier alpha value is -2.15. The Kier molecular flexibility index (Phi) is 5.71. The van der Waals surface area contributed by atoms with E-state index in [1.54, 1.807) is 17.4 Å². The monoisotopic (exact) mass is 305 g/mol. The van der Waals surface area contributed by atoms with E-state index in [1.165, 1.54) is 0 Å². The second kappa shape index (κ2) is 7.74. The molecule has 0 saturated carbocycles. The van der Waals surface area contributed by atoms with Gasteiger partial charge in [0.15, 0.2) is 0 Å². The van der Waals surface area contributed by atoms with Gasteiger partial charge in [-0.15, -0.1) is 0 Å². The van der Waals surface area contributed by atoms with Gasteiger partial charge < -0.3 is 20.9 Å². The summed E-state index contributed by atoms with van der Waals surface area (Å²) in [5.41, 5.74) is 6.73. The van der Waals surface area contributed by atoms with Crippen molar-refractivity contribution < 1.29 is 9.59 Å². The molecular formula is C15H23N5O2. The summed E-state index contributed by atoms with van der Waals surface area (Å²) >= 11 is 0. The van der Waals surface area contributed by atoms with Crippen LogP contribution in [0.15, 0.2) is 24.7 Å². The maximum atomic E-state index is 12.5. The Morgan fingerprint density at radius 3 is 3.14 bits per heavy atom. The zero-order chi connectivity index (χ0) is 15.9. The van der Waals surface area contributed by atoms with Crippen molar-refractivity contribution in [2.24, 2.45) is 5.73 Å². The van der Waals surface area contributed by atoms with Gasteiger partial charge in [0.2, 0.25) is 11.8 Å². The quantitative estimate of drug-likeness (QED) is 0.642. The largest absolute Gasteiger partial charge is 0.351 e. The third-order valence-electron chi connectivity index (χ3n) is 3.77. The van der Waals surface area contributed by atoms with Crippen LogP contribution in [-0.2, 0) is 16.0 Å². The van der Waals surface area contributed by atoms with Gasteiger partial charge >= 0.3 is 0 Å². The van der Waals surface area contributed by atoms with Crippen LogP contribution in [-0.4, -0.2) is 51.9 Å². The van der Waals surface area contributed by atoms with Crippen LogP contribution in [0.5, 0.6) is 0 Å². The molecule has 2 amide bonds. The van der Waals surface area contributed by atoms with Crippen LogP contribution < -0.4 is 11.1 Å². The second-order valence-corrected chi connectivity index (χ2v) is 5.38. The van der Waals surface area contributed by atoms with Crippen molar-refractivity contribution in [3.8, 4) is 0 Å². The van der Waals surface area contributed by atoms with Crippen molar-refractivity contribution in [2.75, 3.05) is 13.1 Å². The van der Waals surface area contributed by atoms with Crippen LogP contribution in [0.25, 0.3) is 0 Å². The van der Waals surface area contributed by atoms with Crippen LogP contribution in [0.3, 0.4) is 0 Å². The number of amides is 2. The second-order valence-electron chi connectivity index (χ2n) is 5.38. The Balaban J connectivity index is 1.93. The maximum Gasteiger partial charge on any atom is 0.243 e. The van der Waals surface area contributed by atoms with Gasteiger partial charge in [-0.1, -0.05) is 12.2 Å². The van der Waals surface area contributed by atoms with E-state index in [9.17, 15) is 9.59 Å². The number of hydrogen-bond donors (Lipinski definition) is 3. The molecule has 2 rings (SSSR count). The highest BCUT2D eigenvalue weighted by atomic mass is 16.2. The van der Waals surface area contributed by atoms with Crippen molar-refractivity contribution in [1.29, 1.82) is 0 Å². The molecule has 1 aliphatic rings. The zero-order valence-electron chi connectivity index (χ0n) is 12.8. The van der Waals surface area contributed by atoms with Crippen LogP contribution >= 0.6 is 0 Å². The molecule has 1 fully saturated rings. The number of aromatic nitrogens is 2. The number of carbonyl (C=O) groups is 2. The molecule has 2 atom stereocenters. The molecule has 0 aliphatic carbocycles. The molecule has 22 heavy (non-hydrogen) atoms. The Labute approximate surface area is 130 Å². The fraction of sp³-hybridized carbons (Fsp3) is 0.533. The standard InChI is InChI=1S/C15H23N5O2/c1-2-3-6-18-14(21)13-5-4-7-20(13)15(22)12(16)8-11-9-17-10-19-11/h2-3,9-10,12-13H,4-8,16H2,1H3,(H,17,19)(H,18,21)/b3-2+/t12-,13-/m0/s1. The number of H-pyrrole nitrogens is 1. The first kappa shape index (κ1) is 16.2. The zero-order valence-corrected chi connectivity index (χ0v) is 12.8. The molecule has 2 heterocycles. The van der Waals surface area contributed by atoms with Crippen molar-refractivity contribution >= 4 is 11.8 Å². The van der Waals surface area contributed by atoms with Gasteiger partial charge in [0.1, 0.15) is 6.04 Å². The molecular weight excluding hydrogens is 282 g/mol. The topological polar surface area (TPSA) is 104 Å². The summed E-state index contributed by atoms with van der Waals surface area (Å²) in [5.74, 6) is -0.303. The lowest BCUT2D eigenvalue weighted by atomic mass is 10.1. The van der Waals surface area contributed by atoms with Crippen molar-refractivity contribution in [1.82, 2.24) is 20.2 Å². The summed E-state index contributed by atoms with van der Waals surface area (Å²) in [7, 11) is 0. The van der Waals surface area contributed by atoms with Gasteiger partial charge in [-0.05, 0) is 19.8 Å². The number of nitrogens with zero attached hydrogens (tertiary/aromatic N) is 2. The van der Waals surface area contributed by atoms with Crippen molar-refractivity contribution in [3.05, 3.63) is 30.4 Å². The molecule has 0 unspecified atom stereocenters. The first-order chi connectivity index (χ1) is 10.6. The number of nitrogens with one attached hydrogen (secondary N) is 2. The highest BCUT2D eigenvalue weighted by Crippen LogP contribution is 2.18. The fourth-order valence-corrected chi connectivity index (χ4v) is 2.63. The first-order valence-electron chi connectivity index (χ1n) is 7.56. The number of hydrogen-bond acceptors (Lipinski definition) is 4. The van der Waals surface area contributed by atoms with Crippen molar-refractivity contribution in [2.45, 2.75) is 38.3 Å². The number of carbonyl (C=O) groups excluding carboxylic acids is 2. The molecule has 1 aliphatic heterocycles. The normalized spacial score (nSPS) is 19.5. The molecule has 0 spiro atoms. The molecule has 120 valence electrons. The lowest BCUT2D eigenvalue weighted by Gasteiger charge is -2.26. The van der Waals surface area contributed by atoms with Crippen LogP contribution in [0.2, 0.25) is 0 Å². The average Bonchev–Trinajstić information content (AvgIpc) is 3.17. The van der Waals surface area contributed by atoms with Gasteiger partial charge in [0.05, 0.1) is 18.1 Å². The van der Waals surface area contributed by atoms with E-state index in [0.717, 1.165) is 12.1 Å². The minimum absolute atomic E-state index is 0.115. The number of imidazole rings is 1. The summed E-state index contributed by atoms with van der Waals surface area (Å²) in [6.07, 6.45) is 8.88. The molecule has 0 radical (unpaired) electrons. The molecule has 7 heteroatoms. The van der Waals surface area contributed by atoms with E-state index in [0.29, 0.717) is 25.9 Å². The van der Waals surface area contributed by atoms with Crippen LogP contribution in [0, 0.1) is 0 Å². The summed E-state index contributed by atoms with van der Waals surface area (Å²) in [4.78, 5) is 33.2. The van der Waals surface area contributed by atoms with Gasteiger partial charge in [-0.25, -0.2) is 4.98 Å². The summed E-state index contributed by atoms with van der Waals surface area (Å²) in [6, 6.07) is -1.09. The predicted octanol–water partition coefficient (Wildman–Crippen LogP) is -0.0372. The molecule has 1 saturated heterocycles. The van der Waals surface area contributed by atoms with E-state index in [-0.39, 0.29) is 11.8 Å². The Morgan fingerprint density at radius 1 is 1.64 bits per heavy atom. The molecule has 7 nitrogen and oxygen atoms in total. The average molecular weight is 305 g/mol. The summed E-state index contributed by atoms with van der Waals surface area (Å²) in [5, 5.41) is 2.82. The SMILES string of the molecule is C/C=C/CNC(=O)[C@@H]1CCCN1C(=O)[C@@H](N)Cc1c[nH]cn1. The lowest BCUT2D eigenvalue weighted by molar-refractivity contribution is -0.139. The third kappa shape index (κ3) is 3.94. The number of likely N-dealkylation sites (tertiary alicyclic amines) is 1. The number of rotatable bonds is 6. The molecule has 1 aromatic heterocycles. The molecule has 0 aromatic carbocycles. The van der Waals surface area contributed by atoms with E-state index in [2.05, 4.69) is 15.3 Å². The van der Waals surface area contributed by atoms with E-state index in [4.69, 9.17) is 5.73 Å². The first-order valence-corrected chi connectivity index (χ1v) is 7.56.